The van der Waals surface area contributed by atoms with Crippen LogP contribution in [-0.2, 0) is 22.7 Å². The predicted molar refractivity (Wildman–Crippen MR) is 172 cm³/mol. The van der Waals surface area contributed by atoms with E-state index in [9.17, 15) is 14.0 Å². The molecule has 44 heavy (non-hydrogen) atoms. The van der Waals surface area contributed by atoms with Crippen molar-refractivity contribution in [1.82, 2.24) is 10.6 Å². The molecule has 0 aromatic heterocycles. The van der Waals surface area contributed by atoms with Gasteiger partial charge in [0, 0.05) is 42.2 Å². The Bertz CT molecular complexity index is 1350. The first-order valence-electron chi connectivity index (χ1n) is 16.3. The number of halogens is 1. The van der Waals surface area contributed by atoms with E-state index in [1.807, 2.05) is 48.5 Å². The van der Waals surface area contributed by atoms with E-state index in [0.717, 1.165) is 41.0 Å². The molecule has 6 atom stereocenters. The molecule has 2 saturated carbocycles. The number of nitrogens with one attached hydrogen (secondary N) is 4. The third kappa shape index (κ3) is 6.52. The quantitative estimate of drug-likeness (QED) is 0.245. The van der Waals surface area contributed by atoms with Gasteiger partial charge in [-0.15, -0.1) is 0 Å². The number of benzene rings is 3. The van der Waals surface area contributed by atoms with Crippen LogP contribution < -0.4 is 26.2 Å². The molecule has 3 aromatic rings. The molecule has 4 aliphatic rings. The maximum Gasteiger partial charge on any atom is 0.241 e. The lowest BCUT2D eigenvalue weighted by atomic mass is 10.0. The third-order valence-electron chi connectivity index (χ3n) is 10.2. The van der Waals surface area contributed by atoms with Gasteiger partial charge in [-0.1, -0.05) is 37.1 Å². The maximum absolute atomic E-state index is 13.8. The first-order chi connectivity index (χ1) is 21.5. The second-order valence-electron chi connectivity index (χ2n) is 13.2. The topological polar surface area (TPSA) is 85.5 Å². The number of hydrogen-bond donors (Lipinski definition) is 4. The van der Waals surface area contributed by atoms with Crippen LogP contribution >= 0.6 is 0 Å². The number of amides is 2. The summed E-state index contributed by atoms with van der Waals surface area (Å²) in [6, 6.07) is 23.3. The summed E-state index contributed by atoms with van der Waals surface area (Å²) in [4.78, 5) is 27.9. The average molecular weight is 596 g/mol. The molecule has 4 fully saturated rings. The normalized spacial score (nSPS) is 27.1. The van der Waals surface area contributed by atoms with E-state index in [0.29, 0.717) is 37.0 Å². The van der Waals surface area contributed by atoms with Crippen LogP contribution in [-0.4, -0.2) is 36.0 Å². The highest BCUT2D eigenvalue weighted by Crippen LogP contribution is 2.36. The minimum Gasteiger partial charge on any atom is -0.363 e. The SMILES string of the molecule is O=C(Nc1ccc(CN(Cc2ccc(NC(=O)C3CC4CCCC4N3)cc2)c2ccc(F)cc2)cc1)C1CC2CCCC2N1. The molecular formula is C36H42FN5O2. The summed E-state index contributed by atoms with van der Waals surface area (Å²) in [6.07, 6.45) is 9.16. The Labute approximate surface area is 259 Å². The first-order valence-corrected chi connectivity index (χ1v) is 16.3. The average Bonchev–Trinajstić information content (AvgIpc) is 3.81. The Morgan fingerprint density at radius 3 is 1.55 bits per heavy atom. The van der Waals surface area contributed by atoms with E-state index in [2.05, 4.69) is 26.2 Å². The van der Waals surface area contributed by atoms with Crippen LogP contribution in [0.15, 0.2) is 72.8 Å². The standard InChI is InChI=1S/C36H42FN5O2/c37-27-11-17-30(18-12-27)42(21-23-7-13-28(14-8-23)38-35(43)33-19-25-3-1-5-31(25)40-33)22-24-9-15-29(16-10-24)39-36(44)34-20-26-4-2-6-32(26)41-34/h7-18,25-26,31-34,40-41H,1-6,19-22H2,(H,38,43)(H,39,44). The zero-order valence-electron chi connectivity index (χ0n) is 25.1. The van der Waals surface area contributed by atoms with E-state index in [4.69, 9.17) is 0 Å². The van der Waals surface area contributed by atoms with E-state index < -0.39 is 0 Å². The zero-order valence-corrected chi connectivity index (χ0v) is 25.1. The molecule has 230 valence electrons. The third-order valence-corrected chi connectivity index (χ3v) is 10.2. The lowest BCUT2D eigenvalue weighted by molar-refractivity contribution is -0.118. The molecule has 2 aliphatic carbocycles. The molecule has 0 radical (unpaired) electrons. The van der Waals surface area contributed by atoms with Gasteiger partial charge in [-0.3, -0.25) is 9.59 Å². The Morgan fingerprint density at radius 1 is 0.659 bits per heavy atom. The van der Waals surface area contributed by atoms with Gasteiger partial charge >= 0.3 is 0 Å². The van der Waals surface area contributed by atoms with Crippen molar-refractivity contribution < 1.29 is 14.0 Å². The van der Waals surface area contributed by atoms with E-state index in [-0.39, 0.29) is 29.7 Å². The van der Waals surface area contributed by atoms with Crippen molar-refractivity contribution in [2.75, 3.05) is 15.5 Å². The highest BCUT2D eigenvalue weighted by Gasteiger charge is 2.40. The fourth-order valence-electron chi connectivity index (χ4n) is 7.88. The summed E-state index contributed by atoms with van der Waals surface area (Å²) in [7, 11) is 0. The lowest BCUT2D eigenvalue weighted by Crippen LogP contribution is -2.38. The van der Waals surface area contributed by atoms with Crippen LogP contribution in [0, 0.1) is 17.7 Å². The molecular weight excluding hydrogens is 553 g/mol. The van der Waals surface area contributed by atoms with Crippen molar-refractivity contribution in [2.24, 2.45) is 11.8 Å². The van der Waals surface area contributed by atoms with Crippen molar-refractivity contribution in [3.8, 4) is 0 Å². The van der Waals surface area contributed by atoms with Gasteiger partial charge in [0.25, 0.3) is 0 Å². The van der Waals surface area contributed by atoms with E-state index in [1.54, 1.807) is 12.1 Å². The highest BCUT2D eigenvalue weighted by molar-refractivity contribution is 5.95. The second-order valence-corrected chi connectivity index (χ2v) is 13.2. The van der Waals surface area contributed by atoms with Gasteiger partial charge in [-0.05, 0) is 110 Å². The van der Waals surface area contributed by atoms with E-state index in [1.165, 1.54) is 50.7 Å². The molecule has 2 aliphatic heterocycles. The molecule has 2 amide bonds. The van der Waals surface area contributed by atoms with Crippen molar-refractivity contribution in [2.45, 2.75) is 88.6 Å². The molecule has 0 spiro atoms. The molecule has 2 heterocycles. The largest absolute Gasteiger partial charge is 0.363 e. The summed E-state index contributed by atoms with van der Waals surface area (Å²) in [6.45, 7) is 1.23. The van der Waals surface area contributed by atoms with Crippen molar-refractivity contribution >= 4 is 28.9 Å². The van der Waals surface area contributed by atoms with Crippen molar-refractivity contribution in [1.29, 1.82) is 0 Å². The molecule has 0 bridgehead atoms. The Morgan fingerprint density at radius 2 is 1.11 bits per heavy atom. The molecule has 2 saturated heterocycles. The summed E-state index contributed by atoms with van der Waals surface area (Å²) < 4.78 is 13.8. The number of rotatable bonds is 9. The van der Waals surface area contributed by atoms with Crippen molar-refractivity contribution in [3.63, 3.8) is 0 Å². The molecule has 7 rings (SSSR count). The Kier molecular flexibility index (Phi) is 8.37. The number of hydrogen-bond acceptors (Lipinski definition) is 5. The van der Waals surface area contributed by atoms with Crippen LogP contribution in [0.2, 0.25) is 0 Å². The number of carbonyl (C=O) groups excluding carboxylic acids is 2. The monoisotopic (exact) mass is 595 g/mol. The summed E-state index contributed by atoms with van der Waals surface area (Å²) in [5, 5.41) is 13.2. The molecule has 4 N–H and O–H groups in total. The maximum atomic E-state index is 13.8. The van der Waals surface area contributed by atoms with Gasteiger partial charge in [-0.25, -0.2) is 4.39 Å². The van der Waals surface area contributed by atoms with Gasteiger partial charge < -0.3 is 26.2 Å². The zero-order chi connectivity index (χ0) is 30.0. The van der Waals surface area contributed by atoms with Crippen LogP contribution in [0.25, 0.3) is 0 Å². The number of fused-ring (bicyclic) bond motifs is 2. The molecule has 3 aromatic carbocycles. The lowest BCUT2D eigenvalue weighted by Gasteiger charge is -2.25. The van der Waals surface area contributed by atoms with Crippen LogP contribution in [0.3, 0.4) is 0 Å². The van der Waals surface area contributed by atoms with Gasteiger partial charge in [0.15, 0.2) is 0 Å². The summed E-state index contributed by atoms with van der Waals surface area (Å²) >= 11 is 0. The smallest absolute Gasteiger partial charge is 0.241 e. The number of nitrogens with zero attached hydrogens (tertiary/aromatic N) is 1. The van der Waals surface area contributed by atoms with Gasteiger partial charge in [-0.2, -0.15) is 0 Å². The predicted octanol–water partition coefficient (Wildman–Crippen LogP) is 5.97. The van der Waals surface area contributed by atoms with Crippen LogP contribution in [0.1, 0.15) is 62.5 Å². The molecule has 8 heteroatoms. The first kappa shape index (κ1) is 29.0. The van der Waals surface area contributed by atoms with Crippen LogP contribution in [0.5, 0.6) is 0 Å². The van der Waals surface area contributed by atoms with Crippen molar-refractivity contribution in [3.05, 3.63) is 89.7 Å². The number of carbonyl (C=O) groups is 2. The van der Waals surface area contributed by atoms with Crippen LogP contribution in [0.4, 0.5) is 21.5 Å². The number of anilines is 3. The van der Waals surface area contributed by atoms with Gasteiger partial charge in [0.1, 0.15) is 5.82 Å². The minimum atomic E-state index is -0.269. The van der Waals surface area contributed by atoms with Gasteiger partial charge in [0.2, 0.25) is 11.8 Å². The summed E-state index contributed by atoms with van der Waals surface area (Å²) in [5.41, 5.74) is 4.66. The minimum absolute atomic E-state index is 0.0433. The van der Waals surface area contributed by atoms with Gasteiger partial charge in [0.05, 0.1) is 12.1 Å². The summed E-state index contributed by atoms with van der Waals surface area (Å²) in [5.74, 6) is 1.09. The molecule has 7 nitrogen and oxygen atoms in total. The Balaban J connectivity index is 0.975. The van der Waals surface area contributed by atoms with E-state index >= 15 is 0 Å². The molecule has 6 unspecified atom stereocenters. The highest BCUT2D eigenvalue weighted by atomic mass is 19.1. The second kappa shape index (κ2) is 12.7. The Hall–Kier alpha value is -3.75. The fourth-order valence-corrected chi connectivity index (χ4v) is 7.88. The fraction of sp³-hybridized carbons (Fsp3) is 0.444.